The van der Waals surface area contributed by atoms with Crippen LogP contribution in [0.5, 0.6) is 5.75 Å². The molecule has 3 heteroatoms. The second kappa shape index (κ2) is 18.8. The molecule has 2 rings (SSSR count). The van der Waals surface area contributed by atoms with Gasteiger partial charge in [-0.05, 0) is 30.5 Å². The molecule has 34 heavy (non-hydrogen) atoms. The Labute approximate surface area is 217 Å². The fourth-order valence-corrected chi connectivity index (χ4v) is 4.49. The summed E-state index contributed by atoms with van der Waals surface area (Å²) >= 11 is 0. The minimum absolute atomic E-state index is 0. The van der Waals surface area contributed by atoms with Gasteiger partial charge in [0.15, 0.2) is 0 Å². The number of rotatable bonds is 19. The van der Waals surface area contributed by atoms with Crippen LogP contribution in [0.2, 0.25) is 0 Å². The van der Waals surface area contributed by atoms with Crippen molar-refractivity contribution in [2.75, 3.05) is 27.2 Å². The molecule has 192 valence electrons. The molecule has 0 spiro atoms. The summed E-state index contributed by atoms with van der Waals surface area (Å²) in [5, 5.41) is 0. The van der Waals surface area contributed by atoms with Crippen LogP contribution in [-0.4, -0.2) is 31.7 Å². The standard InChI is InChI=1S/C31H50NO.ClH/c1-4-5-6-7-8-9-10-11-12-13-14-16-19-29-22-24-31(25-23-29)33-27-26-32(2,3)28-30-20-17-15-18-21-30;/h15,17-18,20-25H,4-14,16,19,26-28H2,1-3H3;1H/q+1;/p-1. The van der Waals surface area contributed by atoms with Crippen LogP contribution in [0.25, 0.3) is 0 Å². The van der Waals surface area contributed by atoms with Crippen LogP contribution in [0.1, 0.15) is 95.1 Å². The lowest BCUT2D eigenvalue weighted by Gasteiger charge is -2.29. The zero-order chi connectivity index (χ0) is 23.6. The summed E-state index contributed by atoms with van der Waals surface area (Å²) in [4.78, 5) is 0. The number of nitrogens with zero attached hydrogens (tertiary/aromatic N) is 1. The highest BCUT2D eigenvalue weighted by atomic mass is 35.5. The molecule has 0 atom stereocenters. The lowest BCUT2D eigenvalue weighted by Crippen LogP contribution is -3.00. The third-order valence-corrected chi connectivity index (χ3v) is 6.66. The fourth-order valence-electron chi connectivity index (χ4n) is 4.49. The molecular formula is C31H50ClNO. The van der Waals surface area contributed by atoms with E-state index in [9.17, 15) is 0 Å². The lowest BCUT2D eigenvalue weighted by molar-refractivity contribution is -0.903. The first kappa shape index (κ1) is 30.5. The number of hydrogen-bond acceptors (Lipinski definition) is 1. The molecule has 0 heterocycles. The molecule has 0 radical (unpaired) electrons. The first-order valence-electron chi connectivity index (χ1n) is 13.7. The van der Waals surface area contributed by atoms with Crippen molar-refractivity contribution in [3.05, 3.63) is 65.7 Å². The molecular weight excluding hydrogens is 438 g/mol. The Balaban J connectivity index is 0.00000578. The zero-order valence-electron chi connectivity index (χ0n) is 22.2. The normalized spacial score (nSPS) is 11.3. The Kier molecular flexibility index (Phi) is 16.9. The number of likely N-dealkylation sites (N-methyl/N-ethyl adjacent to an activating group) is 1. The molecule has 0 N–H and O–H groups in total. The predicted molar refractivity (Wildman–Crippen MR) is 144 cm³/mol. The molecule has 0 aromatic heterocycles. The molecule has 2 nitrogen and oxygen atoms in total. The summed E-state index contributed by atoms with van der Waals surface area (Å²) in [7, 11) is 4.54. The SMILES string of the molecule is CCCCCCCCCCCCCCc1ccc(OCC[N+](C)(C)Cc2ccccc2)cc1.[Cl-]. The zero-order valence-corrected chi connectivity index (χ0v) is 23.0. The average Bonchev–Trinajstić information content (AvgIpc) is 2.81. The number of benzene rings is 2. The summed E-state index contributed by atoms with van der Waals surface area (Å²) in [6, 6.07) is 19.5. The Hall–Kier alpha value is -1.51. The van der Waals surface area contributed by atoms with Crippen molar-refractivity contribution in [3.63, 3.8) is 0 Å². The topological polar surface area (TPSA) is 9.23 Å². The highest BCUT2D eigenvalue weighted by Gasteiger charge is 2.15. The van der Waals surface area contributed by atoms with Crippen molar-refractivity contribution < 1.29 is 21.6 Å². The Bertz CT molecular complexity index is 714. The lowest BCUT2D eigenvalue weighted by atomic mass is 10.0. The van der Waals surface area contributed by atoms with Crippen molar-refractivity contribution in [1.29, 1.82) is 0 Å². The largest absolute Gasteiger partial charge is 1.00 e. The molecule has 0 unspecified atom stereocenters. The number of hydrogen-bond donors (Lipinski definition) is 0. The predicted octanol–water partition coefficient (Wildman–Crippen LogP) is 5.59. The van der Waals surface area contributed by atoms with Crippen LogP contribution in [0.3, 0.4) is 0 Å². The van der Waals surface area contributed by atoms with Gasteiger partial charge in [0, 0.05) is 5.56 Å². The van der Waals surface area contributed by atoms with E-state index >= 15 is 0 Å². The number of halogens is 1. The van der Waals surface area contributed by atoms with E-state index in [1.807, 2.05) is 0 Å². The smallest absolute Gasteiger partial charge is 0.137 e. The van der Waals surface area contributed by atoms with E-state index in [4.69, 9.17) is 4.74 Å². The van der Waals surface area contributed by atoms with Gasteiger partial charge in [-0.1, -0.05) is 120 Å². The number of aryl methyl sites for hydroxylation is 1. The third kappa shape index (κ3) is 14.7. The number of quaternary nitrogens is 1. The number of ether oxygens (including phenoxy) is 1. The van der Waals surface area contributed by atoms with Gasteiger partial charge in [-0.3, -0.25) is 0 Å². The number of unbranched alkanes of at least 4 members (excludes halogenated alkanes) is 11. The third-order valence-electron chi connectivity index (χ3n) is 6.66. The Morgan fingerprint density at radius 1 is 0.618 bits per heavy atom. The van der Waals surface area contributed by atoms with Crippen molar-refractivity contribution >= 4 is 0 Å². The summed E-state index contributed by atoms with van der Waals surface area (Å²) in [6.07, 6.45) is 18.1. The van der Waals surface area contributed by atoms with Crippen molar-refractivity contribution in [2.45, 2.75) is 96.9 Å². The summed E-state index contributed by atoms with van der Waals surface area (Å²) in [6.45, 7) is 5.06. The molecule has 0 aliphatic rings. The van der Waals surface area contributed by atoms with Gasteiger partial charge < -0.3 is 21.6 Å². The van der Waals surface area contributed by atoms with Crippen LogP contribution in [-0.2, 0) is 13.0 Å². The van der Waals surface area contributed by atoms with Gasteiger partial charge in [0.1, 0.15) is 25.4 Å². The highest BCUT2D eigenvalue weighted by Crippen LogP contribution is 2.17. The average molecular weight is 488 g/mol. The maximum absolute atomic E-state index is 6.04. The van der Waals surface area contributed by atoms with Crippen LogP contribution in [0.4, 0.5) is 0 Å². The molecule has 0 saturated carbocycles. The summed E-state index contributed by atoms with van der Waals surface area (Å²) < 4.78 is 6.97. The van der Waals surface area contributed by atoms with Crippen LogP contribution in [0.15, 0.2) is 54.6 Å². The van der Waals surface area contributed by atoms with Crippen molar-refractivity contribution in [1.82, 2.24) is 0 Å². The molecule has 0 aliphatic carbocycles. The van der Waals surface area contributed by atoms with Gasteiger partial charge in [-0.15, -0.1) is 0 Å². The van der Waals surface area contributed by atoms with Gasteiger partial charge in [0.05, 0.1) is 14.1 Å². The first-order chi connectivity index (χ1) is 16.1. The van der Waals surface area contributed by atoms with Gasteiger partial charge in [-0.2, -0.15) is 0 Å². The molecule has 0 bridgehead atoms. The van der Waals surface area contributed by atoms with Gasteiger partial charge in [0.2, 0.25) is 0 Å². The molecule has 0 fully saturated rings. The van der Waals surface area contributed by atoms with Crippen molar-refractivity contribution in [2.24, 2.45) is 0 Å². The minimum Gasteiger partial charge on any atom is -1.00 e. The van der Waals surface area contributed by atoms with E-state index in [0.717, 1.165) is 29.9 Å². The summed E-state index contributed by atoms with van der Waals surface area (Å²) in [5.74, 6) is 0.994. The van der Waals surface area contributed by atoms with Gasteiger partial charge in [0.25, 0.3) is 0 Å². The highest BCUT2D eigenvalue weighted by molar-refractivity contribution is 5.27. The van der Waals surface area contributed by atoms with Crippen LogP contribution >= 0.6 is 0 Å². The quantitative estimate of drug-likeness (QED) is 0.185. The maximum Gasteiger partial charge on any atom is 0.137 e. The van der Waals surface area contributed by atoms with E-state index in [2.05, 4.69) is 75.6 Å². The molecule has 0 saturated heterocycles. The maximum atomic E-state index is 6.04. The molecule has 0 aliphatic heterocycles. The molecule has 2 aromatic carbocycles. The second-order valence-electron chi connectivity index (χ2n) is 10.4. The fraction of sp³-hybridized carbons (Fsp3) is 0.613. The Morgan fingerprint density at radius 2 is 1.15 bits per heavy atom. The first-order valence-corrected chi connectivity index (χ1v) is 13.7. The van der Waals surface area contributed by atoms with Gasteiger partial charge >= 0.3 is 0 Å². The van der Waals surface area contributed by atoms with E-state index in [1.165, 1.54) is 94.6 Å². The van der Waals surface area contributed by atoms with Crippen LogP contribution < -0.4 is 17.1 Å². The summed E-state index contributed by atoms with van der Waals surface area (Å²) in [5.41, 5.74) is 2.82. The van der Waals surface area contributed by atoms with Crippen molar-refractivity contribution in [3.8, 4) is 5.75 Å². The second-order valence-corrected chi connectivity index (χ2v) is 10.4. The molecule has 2 aromatic rings. The van der Waals surface area contributed by atoms with E-state index in [1.54, 1.807) is 0 Å². The Morgan fingerprint density at radius 3 is 1.71 bits per heavy atom. The van der Waals surface area contributed by atoms with Gasteiger partial charge in [-0.25, -0.2) is 0 Å². The van der Waals surface area contributed by atoms with E-state index in [-0.39, 0.29) is 12.4 Å². The van der Waals surface area contributed by atoms with E-state index in [0.29, 0.717) is 0 Å². The molecule has 0 amide bonds. The van der Waals surface area contributed by atoms with E-state index < -0.39 is 0 Å². The monoisotopic (exact) mass is 487 g/mol. The minimum atomic E-state index is 0. The van der Waals surface area contributed by atoms with Crippen LogP contribution in [0, 0.1) is 0 Å².